The highest BCUT2D eigenvalue weighted by Crippen LogP contribution is 2.36. The minimum Gasteiger partial charge on any atom is -0.478 e. The van der Waals surface area contributed by atoms with Crippen LogP contribution in [0.2, 0.25) is 5.02 Å². The summed E-state index contributed by atoms with van der Waals surface area (Å²) < 4.78 is 0. The van der Waals surface area contributed by atoms with Gasteiger partial charge in [-0.2, -0.15) is 0 Å². The highest BCUT2D eigenvalue weighted by molar-refractivity contribution is 6.33. The average Bonchev–Trinajstić information content (AvgIpc) is 3.05. The zero-order valence-electron chi connectivity index (χ0n) is 10.4. The van der Waals surface area contributed by atoms with Crippen LogP contribution in [0.25, 0.3) is 0 Å². The summed E-state index contributed by atoms with van der Waals surface area (Å²) in [5.41, 5.74) is 0.374. The van der Waals surface area contributed by atoms with Gasteiger partial charge >= 0.3 is 12.0 Å². The Morgan fingerprint density at radius 2 is 2.16 bits per heavy atom. The van der Waals surface area contributed by atoms with Gasteiger partial charge < -0.3 is 15.7 Å². The fourth-order valence-corrected chi connectivity index (χ4v) is 2.05. The summed E-state index contributed by atoms with van der Waals surface area (Å²) in [6.45, 7) is 2.79. The van der Waals surface area contributed by atoms with Crippen LogP contribution in [0.5, 0.6) is 0 Å². The molecule has 6 heteroatoms. The fraction of sp³-hybridized carbons (Fsp3) is 0.385. The van der Waals surface area contributed by atoms with Crippen molar-refractivity contribution in [3.05, 3.63) is 28.8 Å². The van der Waals surface area contributed by atoms with Gasteiger partial charge in [0, 0.05) is 12.2 Å². The van der Waals surface area contributed by atoms with E-state index in [1.165, 1.54) is 12.1 Å². The van der Waals surface area contributed by atoms with Gasteiger partial charge in [0.05, 0.1) is 10.6 Å². The molecule has 19 heavy (non-hydrogen) atoms. The molecule has 0 aromatic heterocycles. The zero-order chi connectivity index (χ0) is 14.0. The number of urea groups is 1. The lowest BCUT2D eigenvalue weighted by atomic mass is 10.2. The molecular weight excluding hydrogens is 268 g/mol. The maximum atomic E-state index is 11.6. The first-order chi connectivity index (χ1) is 8.97. The lowest BCUT2D eigenvalue weighted by Gasteiger charge is -2.08. The number of anilines is 1. The summed E-state index contributed by atoms with van der Waals surface area (Å²) in [5, 5.41) is 14.4. The van der Waals surface area contributed by atoms with Crippen LogP contribution in [-0.2, 0) is 0 Å². The Morgan fingerprint density at radius 1 is 1.47 bits per heavy atom. The van der Waals surface area contributed by atoms with E-state index in [1.54, 1.807) is 6.07 Å². The Balaban J connectivity index is 1.92. The van der Waals surface area contributed by atoms with E-state index in [1.807, 2.05) is 0 Å². The highest BCUT2D eigenvalue weighted by atomic mass is 35.5. The van der Waals surface area contributed by atoms with Gasteiger partial charge in [0.15, 0.2) is 0 Å². The van der Waals surface area contributed by atoms with Crippen LogP contribution in [0.4, 0.5) is 10.5 Å². The van der Waals surface area contributed by atoms with Crippen molar-refractivity contribution >= 4 is 29.3 Å². The molecule has 0 spiro atoms. The number of amides is 2. The monoisotopic (exact) mass is 282 g/mol. The van der Waals surface area contributed by atoms with E-state index in [-0.39, 0.29) is 16.6 Å². The highest BCUT2D eigenvalue weighted by Gasteiger charge is 2.32. The number of halogens is 1. The first-order valence-electron chi connectivity index (χ1n) is 6.05. The number of aromatic carboxylic acids is 1. The third kappa shape index (κ3) is 3.61. The van der Waals surface area contributed by atoms with E-state index < -0.39 is 5.97 Å². The molecule has 0 heterocycles. The quantitative estimate of drug-likeness (QED) is 0.794. The van der Waals surface area contributed by atoms with Crippen molar-refractivity contribution in [1.82, 2.24) is 5.32 Å². The lowest BCUT2D eigenvalue weighted by Crippen LogP contribution is -2.30. The van der Waals surface area contributed by atoms with Crippen molar-refractivity contribution in [3.8, 4) is 0 Å². The number of nitrogens with one attached hydrogen (secondary N) is 2. The van der Waals surface area contributed by atoms with Crippen LogP contribution < -0.4 is 10.6 Å². The Hall–Kier alpha value is -1.75. The van der Waals surface area contributed by atoms with Crippen molar-refractivity contribution in [1.29, 1.82) is 0 Å². The maximum Gasteiger partial charge on any atom is 0.337 e. The number of hydrogen-bond acceptors (Lipinski definition) is 2. The van der Waals surface area contributed by atoms with E-state index in [4.69, 9.17) is 16.7 Å². The van der Waals surface area contributed by atoms with Crippen molar-refractivity contribution in [2.45, 2.75) is 13.3 Å². The largest absolute Gasteiger partial charge is 0.478 e. The third-order valence-corrected chi connectivity index (χ3v) is 3.59. The second-order valence-electron chi connectivity index (χ2n) is 4.81. The summed E-state index contributed by atoms with van der Waals surface area (Å²) in [6.07, 6.45) is 1.14. The van der Waals surface area contributed by atoms with Crippen molar-refractivity contribution in [2.75, 3.05) is 11.9 Å². The molecule has 1 saturated carbocycles. The number of carbonyl (C=O) groups is 2. The molecular formula is C13H15ClN2O3. The molecule has 0 bridgehead atoms. The summed E-state index contributed by atoms with van der Waals surface area (Å²) in [6, 6.07) is 4.01. The van der Waals surface area contributed by atoms with Crippen LogP contribution in [0.1, 0.15) is 23.7 Å². The number of carboxylic acids is 1. The van der Waals surface area contributed by atoms with E-state index in [9.17, 15) is 9.59 Å². The molecule has 0 saturated heterocycles. The summed E-state index contributed by atoms with van der Waals surface area (Å²) in [4.78, 5) is 22.5. The molecule has 5 nitrogen and oxygen atoms in total. The Morgan fingerprint density at radius 3 is 2.74 bits per heavy atom. The topological polar surface area (TPSA) is 78.4 Å². The number of carbonyl (C=O) groups excluding carboxylic acids is 1. The second kappa shape index (κ2) is 5.48. The van der Waals surface area contributed by atoms with Crippen molar-refractivity contribution in [2.24, 2.45) is 11.8 Å². The van der Waals surface area contributed by atoms with Crippen LogP contribution >= 0.6 is 11.6 Å². The van der Waals surface area contributed by atoms with Gasteiger partial charge in [0.25, 0.3) is 0 Å². The van der Waals surface area contributed by atoms with Gasteiger partial charge in [-0.1, -0.05) is 18.5 Å². The lowest BCUT2D eigenvalue weighted by molar-refractivity contribution is 0.0697. The molecule has 102 valence electrons. The predicted molar refractivity (Wildman–Crippen MR) is 72.7 cm³/mol. The first kappa shape index (κ1) is 13.7. The molecule has 1 aliphatic carbocycles. The fourth-order valence-electron chi connectivity index (χ4n) is 1.85. The molecule has 3 N–H and O–H groups in total. The van der Waals surface area contributed by atoms with Crippen LogP contribution in [0, 0.1) is 11.8 Å². The summed E-state index contributed by atoms with van der Waals surface area (Å²) >= 11 is 5.75. The van der Waals surface area contributed by atoms with E-state index in [0.717, 1.165) is 6.42 Å². The standard InChI is InChI=1S/C13H15ClN2O3/c1-7-4-8(7)6-15-13(19)16-9-2-3-11(14)10(5-9)12(17)18/h2-3,5,7-8H,4,6H2,1H3,(H,17,18)(H2,15,16,19). The smallest absolute Gasteiger partial charge is 0.337 e. The predicted octanol–water partition coefficient (Wildman–Crippen LogP) is 2.82. The molecule has 1 aromatic rings. The SMILES string of the molecule is CC1CC1CNC(=O)Nc1ccc(Cl)c(C(=O)O)c1. The number of hydrogen-bond donors (Lipinski definition) is 3. The molecule has 2 unspecified atom stereocenters. The summed E-state index contributed by atoms with van der Waals surface area (Å²) in [5.74, 6) is 0.112. The Kier molecular flexibility index (Phi) is 3.95. The molecule has 1 aliphatic rings. The Labute approximate surface area is 116 Å². The minimum absolute atomic E-state index is 0.0321. The summed E-state index contributed by atoms with van der Waals surface area (Å²) in [7, 11) is 0. The van der Waals surface area contributed by atoms with Crippen molar-refractivity contribution in [3.63, 3.8) is 0 Å². The zero-order valence-corrected chi connectivity index (χ0v) is 11.2. The molecule has 1 aromatic carbocycles. The normalized spacial score (nSPS) is 20.7. The Bertz CT molecular complexity index is 519. The van der Waals surface area contributed by atoms with Crippen LogP contribution in [0.15, 0.2) is 18.2 Å². The molecule has 2 amide bonds. The maximum absolute atomic E-state index is 11.6. The molecule has 0 aliphatic heterocycles. The van der Waals surface area contributed by atoms with Gasteiger partial charge in [0.1, 0.15) is 0 Å². The van der Waals surface area contributed by atoms with Crippen LogP contribution in [-0.4, -0.2) is 23.7 Å². The van der Waals surface area contributed by atoms with Gasteiger partial charge in [-0.25, -0.2) is 9.59 Å². The number of carboxylic acid groups (broad SMARTS) is 1. The van der Waals surface area contributed by atoms with Gasteiger partial charge in [-0.05, 0) is 36.5 Å². The molecule has 2 atom stereocenters. The second-order valence-corrected chi connectivity index (χ2v) is 5.22. The van der Waals surface area contributed by atoms with Crippen molar-refractivity contribution < 1.29 is 14.7 Å². The van der Waals surface area contributed by atoms with Gasteiger partial charge in [-0.3, -0.25) is 0 Å². The number of benzene rings is 1. The van der Waals surface area contributed by atoms with E-state index in [0.29, 0.717) is 24.1 Å². The van der Waals surface area contributed by atoms with Gasteiger partial charge in [0.2, 0.25) is 0 Å². The molecule has 0 radical (unpaired) electrons. The first-order valence-corrected chi connectivity index (χ1v) is 6.43. The average molecular weight is 283 g/mol. The number of rotatable bonds is 4. The van der Waals surface area contributed by atoms with E-state index >= 15 is 0 Å². The van der Waals surface area contributed by atoms with Gasteiger partial charge in [-0.15, -0.1) is 0 Å². The van der Waals surface area contributed by atoms with E-state index in [2.05, 4.69) is 17.6 Å². The molecule has 2 rings (SSSR count). The minimum atomic E-state index is -1.12. The molecule has 1 fully saturated rings. The third-order valence-electron chi connectivity index (χ3n) is 3.26. The van der Waals surface area contributed by atoms with Crippen LogP contribution in [0.3, 0.4) is 0 Å².